The number of methoxy groups -OCH3 is 1. The van der Waals surface area contributed by atoms with Crippen LogP contribution in [0.4, 0.5) is 0 Å². The molecule has 1 aromatic heterocycles. The number of amides is 1. The van der Waals surface area contributed by atoms with Gasteiger partial charge in [0, 0.05) is 37.7 Å². The van der Waals surface area contributed by atoms with Crippen LogP contribution in [0, 0.1) is 0 Å². The molecule has 0 radical (unpaired) electrons. The molecule has 0 fully saturated rings. The Kier molecular flexibility index (Phi) is 5.94. The second-order valence-corrected chi connectivity index (χ2v) is 7.59. The van der Waals surface area contributed by atoms with Crippen LogP contribution in [0.5, 0.6) is 11.5 Å². The Morgan fingerprint density at radius 1 is 0.935 bits per heavy atom. The molecule has 4 rings (SSSR count). The lowest BCUT2D eigenvalue weighted by Gasteiger charge is -2.18. The molecule has 0 spiro atoms. The average molecular weight is 415 g/mol. The van der Waals surface area contributed by atoms with Crippen LogP contribution >= 0.6 is 0 Å². The molecule has 0 saturated heterocycles. The van der Waals surface area contributed by atoms with Crippen molar-refractivity contribution in [3.05, 3.63) is 95.7 Å². The number of carbonyl (C=O) groups excluding carboxylic acids is 1. The lowest BCUT2D eigenvalue weighted by molar-refractivity contribution is 0.0786. The summed E-state index contributed by atoms with van der Waals surface area (Å²) >= 11 is 0. The lowest BCUT2D eigenvalue weighted by Crippen LogP contribution is -2.26. The molecule has 0 N–H and O–H groups in total. The van der Waals surface area contributed by atoms with Crippen molar-refractivity contribution < 1.29 is 14.3 Å². The minimum absolute atomic E-state index is 0.0137. The molecular formula is C26H26N2O3. The minimum atomic E-state index is -0.0137. The van der Waals surface area contributed by atoms with E-state index >= 15 is 0 Å². The number of aromatic nitrogens is 1. The maximum Gasteiger partial charge on any atom is 0.256 e. The lowest BCUT2D eigenvalue weighted by atomic mass is 10.1. The highest BCUT2D eigenvalue weighted by molar-refractivity contribution is 6.06. The van der Waals surface area contributed by atoms with Crippen molar-refractivity contribution in [1.82, 2.24) is 9.47 Å². The van der Waals surface area contributed by atoms with Crippen LogP contribution in [-0.2, 0) is 20.2 Å². The van der Waals surface area contributed by atoms with Crippen LogP contribution in [0.15, 0.2) is 79.0 Å². The number of fused-ring (bicyclic) bond motifs is 1. The fourth-order valence-corrected chi connectivity index (χ4v) is 3.73. The van der Waals surface area contributed by atoms with Crippen molar-refractivity contribution in [2.75, 3.05) is 14.2 Å². The molecule has 0 aliphatic rings. The summed E-state index contributed by atoms with van der Waals surface area (Å²) in [5.41, 5.74) is 3.81. The Hall–Kier alpha value is -3.73. The van der Waals surface area contributed by atoms with Crippen LogP contribution in [0.3, 0.4) is 0 Å². The second-order valence-electron chi connectivity index (χ2n) is 7.59. The van der Waals surface area contributed by atoms with Crippen LogP contribution in [0.2, 0.25) is 0 Å². The van der Waals surface area contributed by atoms with E-state index in [4.69, 9.17) is 9.47 Å². The molecule has 4 aromatic rings. The van der Waals surface area contributed by atoms with E-state index in [1.807, 2.05) is 97.7 Å². The van der Waals surface area contributed by atoms with Gasteiger partial charge in [-0.15, -0.1) is 0 Å². The Bertz CT molecular complexity index is 1200. The third-order valence-electron chi connectivity index (χ3n) is 5.36. The summed E-state index contributed by atoms with van der Waals surface area (Å²) in [6, 6.07) is 23.7. The van der Waals surface area contributed by atoms with Crippen LogP contribution in [0.1, 0.15) is 21.5 Å². The monoisotopic (exact) mass is 414 g/mol. The van der Waals surface area contributed by atoms with Gasteiger partial charge in [-0.25, -0.2) is 0 Å². The third-order valence-corrected chi connectivity index (χ3v) is 5.36. The van der Waals surface area contributed by atoms with E-state index < -0.39 is 0 Å². The molecule has 1 heterocycles. The van der Waals surface area contributed by atoms with Gasteiger partial charge in [0.15, 0.2) is 11.5 Å². The molecule has 158 valence electrons. The molecule has 3 aromatic carbocycles. The standard InChI is InChI=1S/C26H26N2O3/c1-27-17-22(21-11-7-8-12-23(21)27)26(29)28(2)16-20-13-14-24(25(15-20)30-3)31-18-19-9-5-4-6-10-19/h4-15,17H,16,18H2,1-3H3. The van der Waals surface area contributed by atoms with E-state index in [1.54, 1.807) is 12.0 Å². The molecule has 0 aliphatic heterocycles. The molecule has 1 amide bonds. The van der Waals surface area contributed by atoms with E-state index in [9.17, 15) is 4.79 Å². The van der Waals surface area contributed by atoms with Crippen molar-refractivity contribution in [2.24, 2.45) is 7.05 Å². The molecule has 0 atom stereocenters. The Morgan fingerprint density at radius 3 is 2.45 bits per heavy atom. The molecule has 31 heavy (non-hydrogen) atoms. The average Bonchev–Trinajstić information content (AvgIpc) is 3.15. The van der Waals surface area contributed by atoms with Gasteiger partial charge in [0.25, 0.3) is 5.91 Å². The molecule has 0 bridgehead atoms. The maximum atomic E-state index is 13.1. The van der Waals surface area contributed by atoms with E-state index in [2.05, 4.69) is 0 Å². The molecular weight excluding hydrogens is 388 g/mol. The molecule has 0 saturated carbocycles. The van der Waals surface area contributed by atoms with Gasteiger partial charge in [0.05, 0.1) is 12.7 Å². The van der Waals surface area contributed by atoms with Crippen LogP contribution in [0.25, 0.3) is 10.9 Å². The zero-order chi connectivity index (χ0) is 21.8. The SMILES string of the molecule is COc1cc(CN(C)C(=O)c2cn(C)c3ccccc23)ccc1OCc1ccccc1. The first-order valence-electron chi connectivity index (χ1n) is 10.2. The minimum Gasteiger partial charge on any atom is -0.493 e. The topological polar surface area (TPSA) is 43.7 Å². The summed E-state index contributed by atoms with van der Waals surface area (Å²) in [7, 11) is 5.40. The number of hydrogen-bond acceptors (Lipinski definition) is 3. The number of benzene rings is 3. The fraction of sp³-hybridized carbons (Fsp3) is 0.192. The highest BCUT2D eigenvalue weighted by atomic mass is 16.5. The van der Waals surface area contributed by atoms with Crippen LogP contribution < -0.4 is 9.47 Å². The number of hydrogen-bond donors (Lipinski definition) is 0. The van der Waals surface area contributed by atoms with Crippen molar-refractivity contribution in [1.29, 1.82) is 0 Å². The van der Waals surface area contributed by atoms with Gasteiger partial charge in [-0.1, -0.05) is 54.6 Å². The normalized spacial score (nSPS) is 10.8. The fourth-order valence-electron chi connectivity index (χ4n) is 3.73. The van der Waals surface area contributed by atoms with Gasteiger partial charge >= 0.3 is 0 Å². The van der Waals surface area contributed by atoms with Crippen molar-refractivity contribution in [3.63, 3.8) is 0 Å². The zero-order valence-electron chi connectivity index (χ0n) is 18.0. The number of ether oxygens (including phenoxy) is 2. The summed E-state index contributed by atoms with van der Waals surface area (Å²) in [5.74, 6) is 1.32. The van der Waals surface area contributed by atoms with Crippen LogP contribution in [-0.4, -0.2) is 29.5 Å². The number of rotatable bonds is 7. The van der Waals surface area contributed by atoms with Gasteiger partial charge < -0.3 is 18.9 Å². The quantitative estimate of drug-likeness (QED) is 0.426. The highest BCUT2D eigenvalue weighted by Gasteiger charge is 2.18. The summed E-state index contributed by atoms with van der Waals surface area (Å²) in [6.45, 7) is 0.938. The Balaban J connectivity index is 1.48. The first-order chi connectivity index (χ1) is 15.1. The molecule has 0 unspecified atom stereocenters. The second kappa shape index (κ2) is 8.96. The van der Waals surface area contributed by atoms with Crippen molar-refractivity contribution in [2.45, 2.75) is 13.2 Å². The Labute approximate surface area is 182 Å². The third kappa shape index (κ3) is 4.40. The summed E-state index contributed by atoms with van der Waals surface area (Å²) in [6.07, 6.45) is 1.89. The first kappa shape index (κ1) is 20.5. The van der Waals surface area contributed by atoms with Gasteiger partial charge in [0.1, 0.15) is 6.61 Å². The van der Waals surface area contributed by atoms with E-state index in [0.717, 1.165) is 22.0 Å². The molecule has 0 aliphatic carbocycles. The maximum absolute atomic E-state index is 13.1. The predicted octanol–water partition coefficient (Wildman–Crippen LogP) is 5.04. The smallest absolute Gasteiger partial charge is 0.256 e. The molecule has 5 nitrogen and oxygen atoms in total. The number of carbonyl (C=O) groups is 1. The Morgan fingerprint density at radius 2 is 1.68 bits per heavy atom. The van der Waals surface area contributed by atoms with E-state index in [0.29, 0.717) is 30.2 Å². The zero-order valence-corrected chi connectivity index (χ0v) is 18.0. The summed E-state index contributed by atoms with van der Waals surface area (Å²) < 4.78 is 13.4. The van der Waals surface area contributed by atoms with E-state index in [1.165, 1.54) is 0 Å². The molecule has 5 heteroatoms. The largest absolute Gasteiger partial charge is 0.493 e. The first-order valence-corrected chi connectivity index (χ1v) is 10.2. The summed E-state index contributed by atoms with van der Waals surface area (Å²) in [4.78, 5) is 14.8. The number of nitrogens with zero attached hydrogens (tertiary/aromatic N) is 2. The number of para-hydroxylation sites is 1. The van der Waals surface area contributed by atoms with Gasteiger partial charge in [-0.05, 0) is 29.3 Å². The number of aryl methyl sites for hydroxylation is 1. The summed E-state index contributed by atoms with van der Waals surface area (Å²) in [5, 5.41) is 0.962. The van der Waals surface area contributed by atoms with Crippen molar-refractivity contribution in [3.8, 4) is 11.5 Å². The van der Waals surface area contributed by atoms with E-state index in [-0.39, 0.29) is 5.91 Å². The van der Waals surface area contributed by atoms with Gasteiger partial charge in [-0.3, -0.25) is 4.79 Å². The van der Waals surface area contributed by atoms with Crippen molar-refractivity contribution >= 4 is 16.8 Å². The van der Waals surface area contributed by atoms with Gasteiger partial charge in [-0.2, -0.15) is 0 Å². The predicted molar refractivity (Wildman–Crippen MR) is 122 cm³/mol. The van der Waals surface area contributed by atoms with Gasteiger partial charge in [0.2, 0.25) is 0 Å². The highest BCUT2D eigenvalue weighted by Crippen LogP contribution is 2.30.